The molecule has 0 fully saturated rings. The minimum atomic E-state index is -4.44. The maximum atomic E-state index is 12.8. The van der Waals surface area contributed by atoms with Gasteiger partial charge >= 0.3 is 6.18 Å². The molecule has 2 rings (SSSR count). The molecule has 2 N–H and O–H groups in total. The maximum absolute atomic E-state index is 12.8. The van der Waals surface area contributed by atoms with Crippen LogP contribution in [0, 0.1) is 0 Å². The Hall–Kier alpha value is -2.15. The van der Waals surface area contributed by atoms with Crippen molar-refractivity contribution < 1.29 is 13.2 Å². The summed E-state index contributed by atoms with van der Waals surface area (Å²) < 4.78 is 38.3. The van der Waals surface area contributed by atoms with Crippen LogP contribution in [0.4, 0.5) is 24.5 Å². The first-order valence-electron chi connectivity index (χ1n) is 5.95. The molecular weight excluding hydrogens is 299 g/mol. The van der Waals surface area contributed by atoms with E-state index in [-0.39, 0.29) is 10.6 Å². The van der Waals surface area contributed by atoms with E-state index in [4.69, 9.17) is 18.0 Å². The molecule has 0 atom stereocenters. The highest BCUT2D eigenvalue weighted by molar-refractivity contribution is 7.80. The number of aromatic nitrogens is 1. The van der Waals surface area contributed by atoms with Gasteiger partial charge in [-0.05, 0) is 30.3 Å². The van der Waals surface area contributed by atoms with Crippen LogP contribution in [-0.2, 0) is 6.18 Å². The van der Waals surface area contributed by atoms with Crippen molar-refractivity contribution in [2.75, 3.05) is 11.9 Å². The van der Waals surface area contributed by atoms with E-state index in [2.05, 4.69) is 4.98 Å². The van der Waals surface area contributed by atoms with Crippen LogP contribution in [0.15, 0.2) is 42.7 Å². The number of pyridine rings is 1. The monoisotopic (exact) mass is 311 g/mol. The number of benzene rings is 1. The second-order valence-corrected chi connectivity index (χ2v) is 4.80. The molecule has 0 amide bonds. The number of nitrogens with two attached hydrogens (primary N) is 1. The second kappa shape index (κ2) is 5.69. The average molecular weight is 311 g/mol. The highest BCUT2D eigenvalue weighted by Gasteiger charge is 2.31. The zero-order valence-electron chi connectivity index (χ0n) is 11.1. The maximum Gasteiger partial charge on any atom is 0.416 e. The first-order valence-corrected chi connectivity index (χ1v) is 6.36. The fourth-order valence-electron chi connectivity index (χ4n) is 1.89. The van der Waals surface area contributed by atoms with Gasteiger partial charge in [0.25, 0.3) is 0 Å². The smallest absolute Gasteiger partial charge is 0.389 e. The molecule has 1 aromatic carbocycles. The van der Waals surface area contributed by atoms with E-state index < -0.39 is 11.7 Å². The summed E-state index contributed by atoms with van der Waals surface area (Å²) in [6.45, 7) is 0. The summed E-state index contributed by atoms with van der Waals surface area (Å²) in [7, 11) is 1.71. The summed E-state index contributed by atoms with van der Waals surface area (Å²) in [5.41, 5.74) is 6.16. The first-order chi connectivity index (χ1) is 9.80. The molecule has 1 heterocycles. The normalized spacial score (nSPS) is 11.2. The number of hydrogen-bond acceptors (Lipinski definition) is 3. The minimum absolute atomic E-state index is 0.0909. The molecule has 0 bridgehead atoms. The predicted molar refractivity (Wildman–Crippen MR) is 79.6 cm³/mol. The van der Waals surface area contributed by atoms with Gasteiger partial charge in [0.2, 0.25) is 0 Å². The largest absolute Gasteiger partial charge is 0.416 e. The summed E-state index contributed by atoms with van der Waals surface area (Å²) in [6, 6.07) is 6.84. The van der Waals surface area contributed by atoms with Crippen LogP contribution in [0.1, 0.15) is 11.1 Å². The molecular formula is C14H12F3N3S. The van der Waals surface area contributed by atoms with Crippen molar-refractivity contribution >= 4 is 28.6 Å². The van der Waals surface area contributed by atoms with E-state index in [1.807, 2.05) is 0 Å². The standard InChI is InChI=1S/C14H12F3N3S/c1-20(10-3-2-6-19-8-10)12-5-4-9(14(15,16)17)7-11(12)13(18)21/h2-8H,1H3,(H2,18,21). The molecule has 21 heavy (non-hydrogen) atoms. The summed E-state index contributed by atoms with van der Waals surface area (Å²) >= 11 is 4.87. The summed E-state index contributed by atoms with van der Waals surface area (Å²) in [5, 5.41) is 0. The highest BCUT2D eigenvalue weighted by atomic mass is 32.1. The number of rotatable bonds is 3. The first kappa shape index (κ1) is 15.2. The van der Waals surface area contributed by atoms with Crippen molar-refractivity contribution in [3.63, 3.8) is 0 Å². The van der Waals surface area contributed by atoms with Crippen molar-refractivity contribution in [1.29, 1.82) is 0 Å². The van der Waals surface area contributed by atoms with Gasteiger partial charge in [0.05, 0.1) is 23.1 Å². The van der Waals surface area contributed by atoms with Gasteiger partial charge in [0, 0.05) is 18.8 Å². The SMILES string of the molecule is CN(c1cccnc1)c1ccc(C(F)(F)F)cc1C(N)=S. The molecule has 0 saturated heterocycles. The third kappa shape index (κ3) is 3.30. The third-order valence-corrected chi connectivity index (χ3v) is 3.20. The lowest BCUT2D eigenvalue weighted by Crippen LogP contribution is -2.19. The summed E-state index contributed by atoms with van der Waals surface area (Å²) in [4.78, 5) is 5.57. The van der Waals surface area contributed by atoms with Gasteiger partial charge < -0.3 is 10.6 Å². The Kier molecular flexibility index (Phi) is 4.13. The minimum Gasteiger partial charge on any atom is -0.389 e. The van der Waals surface area contributed by atoms with Crippen LogP contribution >= 0.6 is 12.2 Å². The van der Waals surface area contributed by atoms with Crippen molar-refractivity contribution in [3.05, 3.63) is 53.9 Å². The van der Waals surface area contributed by atoms with E-state index in [0.717, 1.165) is 17.8 Å². The molecule has 1 aromatic heterocycles. The van der Waals surface area contributed by atoms with E-state index >= 15 is 0 Å². The van der Waals surface area contributed by atoms with Crippen LogP contribution in [-0.4, -0.2) is 17.0 Å². The summed E-state index contributed by atoms with van der Waals surface area (Å²) in [6.07, 6.45) is -1.23. The van der Waals surface area contributed by atoms with Gasteiger partial charge in [-0.25, -0.2) is 0 Å². The van der Waals surface area contributed by atoms with Crippen molar-refractivity contribution in [1.82, 2.24) is 4.98 Å². The van der Waals surface area contributed by atoms with Gasteiger partial charge in [0.15, 0.2) is 0 Å². The Balaban J connectivity index is 2.51. The van der Waals surface area contributed by atoms with Gasteiger partial charge in [-0.3, -0.25) is 4.98 Å². The van der Waals surface area contributed by atoms with Gasteiger partial charge in [0.1, 0.15) is 4.99 Å². The van der Waals surface area contributed by atoms with Crippen LogP contribution in [0.25, 0.3) is 0 Å². The number of alkyl halides is 3. The van der Waals surface area contributed by atoms with Crippen molar-refractivity contribution in [2.24, 2.45) is 5.73 Å². The van der Waals surface area contributed by atoms with Crippen LogP contribution in [0.2, 0.25) is 0 Å². The average Bonchev–Trinajstić information content (AvgIpc) is 2.45. The molecule has 0 aliphatic rings. The fourth-order valence-corrected chi connectivity index (χ4v) is 2.06. The zero-order chi connectivity index (χ0) is 15.6. The lowest BCUT2D eigenvalue weighted by Gasteiger charge is -2.23. The van der Waals surface area contributed by atoms with E-state index in [9.17, 15) is 13.2 Å². The number of anilines is 2. The predicted octanol–water partition coefficient (Wildman–Crippen LogP) is 3.50. The van der Waals surface area contributed by atoms with E-state index in [1.165, 1.54) is 6.07 Å². The van der Waals surface area contributed by atoms with E-state index in [1.54, 1.807) is 36.5 Å². The van der Waals surface area contributed by atoms with Crippen molar-refractivity contribution in [3.8, 4) is 0 Å². The van der Waals surface area contributed by atoms with Gasteiger partial charge in [-0.2, -0.15) is 13.2 Å². The van der Waals surface area contributed by atoms with Gasteiger partial charge in [-0.1, -0.05) is 12.2 Å². The highest BCUT2D eigenvalue weighted by Crippen LogP contribution is 2.34. The number of nitrogens with zero attached hydrogens (tertiary/aromatic N) is 2. The van der Waals surface area contributed by atoms with Crippen molar-refractivity contribution in [2.45, 2.75) is 6.18 Å². The Morgan fingerprint density at radius 1 is 1.29 bits per heavy atom. The Morgan fingerprint density at radius 2 is 2.00 bits per heavy atom. The molecule has 7 heteroatoms. The Labute approximate surface area is 125 Å². The van der Waals surface area contributed by atoms with Crippen LogP contribution in [0.5, 0.6) is 0 Å². The molecule has 3 nitrogen and oxygen atoms in total. The number of hydrogen-bond donors (Lipinski definition) is 1. The zero-order valence-corrected chi connectivity index (χ0v) is 11.9. The lowest BCUT2D eigenvalue weighted by atomic mass is 10.1. The molecule has 2 aromatic rings. The fraction of sp³-hybridized carbons (Fsp3) is 0.143. The molecule has 0 radical (unpaired) electrons. The second-order valence-electron chi connectivity index (χ2n) is 4.36. The third-order valence-electron chi connectivity index (χ3n) is 2.98. The van der Waals surface area contributed by atoms with E-state index in [0.29, 0.717) is 5.69 Å². The Bertz CT molecular complexity index is 656. The molecule has 0 spiro atoms. The van der Waals surface area contributed by atoms with Crippen LogP contribution < -0.4 is 10.6 Å². The van der Waals surface area contributed by atoms with Gasteiger partial charge in [-0.15, -0.1) is 0 Å². The Morgan fingerprint density at radius 3 is 2.52 bits per heavy atom. The number of halogens is 3. The molecule has 0 aliphatic carbocycles. The summed E-state index contributed by atoms with van der Waals surface area (Å²) in [5.74, 6) is 0. The quantitative estimate of drug-likeness (QED) is 0.881. The molecule has 110 valence electrons. The molecule has 0 aliphatic heterocycles. The lowest BCUT2D eigenvalue weighted by molar-refractivity contribution is -0.137. The molecule has 0 saturated carbocycles. The molecule has 0 unspecified atom stereocenters. The number of thiocarbonyl (C=S) groups is 1. The van der Waals surface area contributed by atoms with Crippen LogP contribution in [0.3, 0.4) is 0 Å². The topological polar surface area (TPSA) is 42.2 Å².